The number of rotatable bonds is 8. The number of carbonyl (C=O) groups excluding carboxylic acids is 1. The largest absolute Gasteiger partial charge is 0.503 e. The molecule has 0 fully saturated rings. The fourth-order valence-electron chi connectivity index (χ4n) is 4.57. The molecule has 0 aliphatic heterocycles. The maximum absolute atomic E-state index is 12.3. The lowest BCUT2D eigenvalue weighted by Crippen LogP contribution is -2.06. The highest BCUT2D eigenvalue weighted by Gasteiger charge is 2.23. The molecule has 0 radical (unpaired) electrons. The first-order valence-electron chi connectivity index (χ1n) is 11.9. The molecule has 0 saturated carbocycles. The number of aryl methyl sites for hydroxylation is 1. The maximum Gasteiger partial charge on any atom is 0.341 e. The van der Waals surface area contributed by atoms with E-state index in [2.05, 4.69) is 46.4 Å². The fourth-order valence-corrected chi connectivity index (χ4v) is 4.57. The molecule has 0 saturated heterocycles. The minimum absolute atomic E-state index is 0.219. The van der Waals surface area contributed by atoms with Crippen LogP contribution in [0.15, 0.2) is 91.5 Å². The van der Waals surface area contributed by atoms with E-state index in [1.54, 1.807) is 30.3 Å². The van der Waals surface area contributed by atoms with Crippen LogP contribution in [0.1, 0.15) is 34.6 Å². The van der Waals surface area contributed by atoms with Gasteiger partial charge in [0.05, 0.1) is 26.5 Å². The summed E-state index contributed by atoms with van der Waals surface area (Å²) in [7, 11) is 2.77. The number of fused-ring (bicyclic) bond motifs is 1. The molecule has 0 bridgehead atoms. The molecule has 5 rings (SSSR count). The van der Waals surface area contributed by atoms with Crippen molar-refractivity contribution in [2.75, 3.05) is 14.2 Å². The van der Waals surface area contributed by atoms with Crippen LogP contribution in [0.4, 0.5) is 0 Å². The van der Waals surface area contributed by atoms with Crippen molar-refractivity contribution in [1.82, 2.24) is 9.97 Å². The van der Waals surface area contributed by atoms with Crippen molar-refractivity contribution in [3.63, 3.8) is 0 Å². The third-order valence-electron chi connectivity index (χ3n) is 6.29. The number of hydrogen-bond donors (Lipinski definition) is 0. The van der Waals surface area contributed by atoms with Crippen molar-refractivity contribution in [2.24, 2.45) is 0 Å². The zero-order valence-corrected chi connectivity index (χ0v) is 20.6. The molecule has 0 N–H and O–H groups in total. The molecule has 4 aromatic rings. The Labute approximate surface area is 215 Å². The lowest BCUT2D eigenvalue weighted by molar-refractivity contribution is -0.133. The van der Waals surface area contributed by atoms with E-state index in [1.165, 1.54) is 43.5 Å². The predicted octanol–water partition coefficient (Wildman–Crippen LogP) is 6.30. The van der Waals surface area contributed by atoms with Gasteiger partial charge >= 0.3 is 5.97 Å². The first kappa shape index (κ1) is 24.1. The second-order valence-corrected chi connectivity index (χ2v) is 8.51. The number of methoxy groups -OCH3 is 2. The Balaban J connectivity index is 1.32. The Morgan fingerprint density at radius 3 is 2.41 bits per heavy atom. The Kier molecular flexibility index (Phi) is 7.12. The van der Waals surface area contributed by atoms with Gasteiger partial charge in [0.25, 0.3) is 0 Å². The second kappa shape index (κ2) is 11.0. The molecule has 7 nitrogen and oxygen atoms in total. The molecule has 3 aromatic carbocycles. The van der Waals surface area contributed by atoms with E-state index in [1.807, 2.05) is 12.1 Å². The normalized spacial score (nSPS) is 14.5. The van der Waals surface area contributed by atoms with Crippen LogP contribution in [-0.4, -0.2) is 30.2 Å². The summed E-state index contributed by atoms with van der Waals surface area (Å²) in [4.78, 5) is 20.7. The monoisotopic (exact) mass is 494 g/mol. The quantitative estimate of drug-likeness (QED) is 0.162. The SMILES string of the molecule is COC=C(C(=O)OC)c1ccccc1Oc1cc(Oc2ccc(C3CCc4ccccc43)cc2)ncn1. The van der Waals surface area contributed by atoms with E-state index in [4.69, 9.17) is 18.9 Å². The van der Waals surface area contributed by atoms with E-state index >= 15 is 0 Å². The molecular formula is C30H26N2O5. The molecule has 7 heteroatoms. The second-order valence-electron chi connectivity index (χ2n) is 8.51. The van der Waals surface area contributed by atoms with Crippen LogP contribution in [0.5, 0.6) is 23.3 Å². The molecule has 0 spiro atoms. The van der Waals surface area contributed by atoms with Crippen molar-refractivity contribution in [1.29, 1.82) is 0 Å². The van der Waals surface area contributed by atoms with Crippen molar-refractivity contribution in [2.45, 2.75) is 18.8 Å². The zero-order valence-electron chi connectivity index (χ0n) is 20.6. The van der Waals surface area contributed by atoms with Gasteiger partial charge in [-0.1, -0.05) is 54.6 Å². The highest BCUT2D eigenvalue weighted by atomic mass is 16.5. The van der Waals surface area contributed by atoms with E-state index < -0.39 is 5.97 Å². The third kappa shape index (κ3) is 5.30. The van der Waals surface area contributed by atoms with Crippen LogP contribution in [-0.2, 0) is 20.7 Å². The van der Waals surface area contributed by atoms with Crippen LogP contribution in [0.2, 0.25) is 0 Å². The van der Waals surface area contributed by atoms with E-state index in [0.29, 0.717) is 28.9 Å². The Hall–Kier alpha value is -4.65. The summed E-state index contributed by atoms with van der Waals surface area (Å²) in [6.45, 7) is 0. The van der Waals surface area contributed by atoms with Gasteiger partial charge in [-0.2, -0.15) is 0 Å². The molecule has 1 unspecified atom stereocenters. The van der Waals surface area contributed by atoms with Gasteiger partial charge in [-0.15, -0.1) is 0 Å². The molecule has 0 amide bonds. The standard InChI is InChI=1S/C30H26N2O5/c1-34-18-26(30(33)35-2)25-9-5-6-10-27(25)37-29-17-28(31-19-32-29)36-22-14-11-21(12-15-22)24-16-13-20-7-3-4-8-23(20)24/h3-12,14-15,17-19,24H,13,16H2,1-2H3. The van der Waals surface area contributed by atoms with Crippen molar-refractivity contribution < 1.29 is 23.7 Å². The van der Waals surface area contributed by atoms with Crippen LogP contribution in [0.3, 0.4) is 0 Å². The lowest BCUT2D eigenvalue weighted by Gasteiger charge is -2.14. The summed E-state index contributed by atoms with van der Waals surface area (Å²) in [6.07, 6.45) is 4.90. The van der Waals surface area contributed by atoms with Crippen LogP contribution >= 0.6 is 0 Å². The topological polar surface area (TPSA) is 79.8 Å². The summed E-state index contributed by atoms with van der Waals surface area (Å²) in [5.41, 5.74) is 4.83. The highest BCUT2D eigenvalue weighted by Crippen LogP contribution is 2.38. The number of hydrogen-bond acceptors (Lipinski definition) is 7. The Morgan fingerprint density at radius 2 is 1.62 bits per heavy atom. The lowest BCUT2D eigenvalue weighted by atomic mass is 9.93. The minimum Gasteiger partial charge on any atom is -0.503 e. The van der Waals surface area contributed by atoms with E-state index in [-0.39, 0.29) is 11.5 Å². The first-order chi connectivity index (χ1) is 18.2. The van der Waals surface area contributed by atoms with Gasteiger partial charge in [0.15, 0.2) is 0 Å². The first-order valence-corrected chi connectivity index (χ1v) is 11.9. The molecule has 37 heavy (non-hydrogen) atoms. The van der Waals surface area contributed by atoms with E-state index in [0.717, 1.165) is 12.8 Å². The average molecular weight is 495 g/mol. The predicted molar refractivity (Wildman–Crippen MR) is 139 cm³/mol. The van der Waals surface area contributed by atoms with Gasteiger partial charge in [0, 0.05) is 11.5 Å². The minimum atomic E-state index is -0.547. The summed E-state index contributed by atoms with van der Waals surface area (Å²) >= 11 is 0. The van der Waals surface area contributed by atoms with Crippen LogP contribution in [0, 0.1) is 0 Å². The molecule has 1 atom stereocenters. The molecular weight excluding hydrogens is 468 g/mol. The Bertz CT molecular complexity index is 1430. The molecule has 1 aliphatic carbocycles. The van der Waals surface area contributed by atoms with Gasteiger partial charge in [-0.3, -0.25) is 0 Å². The number of carbonyl (C=O) groups is 1. The number of esters is 1. The fraction of sp³-hybridized carbons (Fsp3) is 0.167. The summed E-state index contributed by atoms with van der Waals surface area (Å²) < 4.78 is 21.9. The number of benzene rings is 3. The number of para-hydroxylation sites is 1. The summed E-state index contributed by atoms with van der Waals surface area (Å²) in [6, 6.07) is 25.4. The zero-order chi connectivity index (χ0) is 25.6. The number of ether oxygens (including phenoxy) is 4. The molecule has 1 aliphatic rings. The van der Waals surface area contributed by atoms with Gasteiger partial charge in [0.2, 0.25) is 11.8 Å². The number of aromatic nitrogens is 2. The van der Waals surface area contributed by atoms with Gasteiger partial charge in [-0.25, -0.2) is 14.8 Å². The number of nitrogens with zero attached hydrogens (tertiary/aromatic N) is 2. The average Bonchev–Trinajstić information content (AvgIpc) is 3.37. The molecule has 186 valence electrons. The Morgan fingerprint density at radius 1 is 0.892 bits per heavy atom. The van der Waals surface area contributed by atoms with Crippen LogP contribution in [0.25, 0.3) is 5.57 Å². The smallest absolute Gasteiger partial charge is 0.341 e. The van der Waals surface area contributed by atoms with Crippen molar-refractivity contribution >= 4 is 11.5 Å². The highest BCUT2D eigenvalue weighted by molar-refractivity contribution is 6.17. The summed E-state index contributed by atoms with van der Waals surface area (Å²) in [5.74, 6) is 1.53. The van der Waals surface area contributed by atoms with E-state index in [9.17, 15) is 4.79 Å². The third-order valence-corrected chi connectivity index (χ3v) is 6.29. The van der Waals surface area contributed by atoms with Gasteiger partial charge in [0.1, 0.15) is 23.4 Å². The van der Waals surface area contributed by atoms with Gasteiger partial charge < -0.3 is 18.9 Å². The van der Waals surface area contributed by atoms with Crippen LogP contribution < -0.4 is 9.47 Å². The van der Waals surface area contributed by atoms with Crippen molar-refractivity contribution in [3.8, 4) is 23.3 Å². The maximum atomic E-state index is 12.3. The van der Waals surface area contributed by atoms with Gasteiger partial charge in [-0.05, 0) is 47.7 Å². The molecule has 1 heterocycles. The summed E-state index contributed by atoms with van der Waals surface area (Å²) in [5, 5.41) is 0. The van der Waals surface area contributed by atoms with Crippen molar-refractivity contribution in [3.05, 3.63) is 114 Å². The molecule has 1 aromatic heterocycles.